The molecule has 0 amide bonds. The van der Waals surface area contributed by atoms with Crippen LogP contribution in [0.15, 0.2) is 174 Å². The van der Waals surface area contributed by atoms with Crippen LogP contribution in [0.2, 0.25) is 0 Å². The van der Waals surface area contributed by atoms with Crippen molar-refractivity contribution in [3.63, 3.8) is 0 Å². The summed E-state index contributed by atoms with van der Waals surface area (Å²) in [5, 5.41) is 38.1. The maximum Gasteiger partial charge on any atom is 0.333 e. The molecule has 80 heavy (non-hydrogen) atoms. The summed E-state index contributed by atoms with van der Waals surface area (Å²) in [6, 6.07) is 53.5. The second-order valence-electron chi connectivity index (χ2n) is 17.9. The van der Waals surface area contributed by atoms with E-state index in [1.165, 1.54) is 62.8 Å². The SMILES string of the molecule is N#CC(=C=Cc1ccc(-c2cc3c(s2)-c2sc4c(c2C3(C(=O)OCc2ccccc2)C(=O)OCc2ccccc2)C(C(=O)OCc2ccccc2)(C(=O)OCc2ccccc2)c2cc(-c3ccc(N=C(C#N)C#N)s3)sc2-4)s1)C#N. The Morgan fingerprint density at radius 3 is 1.21 bits per heavy atom. The molecule has 0 aliphatic heterocycles. The second-order valence-corrected chi connectivity index (χ2v) is 23.2. The van der Waals surface area contributed by atoms with Crippen LogP contribution in [0.25, 0.3) is 45.1 Å². The zero-order valence-electron chi connectivity index (χ0n) is 41.5. The molecule has 386 valence electrons. The van der Waals surface area contributed by atoms with Gasteiger partial charge in [0.25, 0.3) is 0 Å². The van der Waals surface area contributed by atoms with Crippen LogP contribution in [0.3, 0.4) is 0 Å². The Balaban J connectivity index is 1.18. The van der Waals surface area contributed by atoms with Gasteiger partial charge < -0.3 is 18.9 Å². The Kier molecular flexibility index (Phi) is 14.7. The molecule has 0 saturated carbocycles. The molecule has 2 aliphatic carbocycles. The lowest BCUT2D eigenvalue weighted by molar-refractivity contribution is -0.167. The van der Waals surface area contributed by atoms with E-state index in [4.69, 9.17) is 18.9 Å². The summed E-state index contributed by atoms with van der Waals surface area (Å²) in [4.78, 5) is 73.4. The molecule has 0 saturated heterocycles. The van der Waals surface area contributed by atoms with Crippen LogP contribution in [0, 0.1) is 45.3 Å². The van der Waals surface area contributed by atoms with Crippen LogP contribution in [-0.4, -0.2) is 29.6 Å². The van der Waals surface area contributed by atoms with Crippen LogP contribution >= 0.6 is 56.7 Å². The summed E-state index contributed by atoms with van der Waals surface area (Å²) >= 11 is 6.28. The highest BCUT2D eigenvalue weighted by molar-refractivity contribution is 7.31. The van der Waals surface area contributed by atoms with Gasteiger partial charge in [-0.3, -0.25) is 19.2 Å². The molecule has 9 aromatic rings. The van der Waals surface area contributed by atoms with Crippen molar-refractivity contribution in [3.8, 4) is 63.3 Å². The molecule has 0 N–H and O–H groups in total. The minimum absolute atomic E-state index is 0.0185. The summed E-state index contributed by atoms with van der Waals surface area (Å²) in [6.07, 6.45) is 1.53. The van der Waals surface area contributed by atoms with Crippen molar-refractivity contribution in [2.45, 2.75) is 37.3 Å². The van der Waals surface area contributed by atoms with Gasteiger partial charge in [-0.2, -0.15) is 21.0 Å². The van der Waals surface area contributed by atoms with E-state index in [0.717, 1.165) is 0 Å². The Hall–Kier alpha value is -9.59. The third kappa shape index (κ3) is 9.45. The van der Waals surface area contributed by atoms with Crippen LogP contribution < -0.4 is 0 Å². The van der Waals surface area contributed by atoms with E-state index in [-0.39, 0.29) is 60.0 Å². The van der Waals surface area contributed by atoms with Crippen LogP contribution in [-0.2, 0) is 75.4 Å². The molecule has 0 atom stereocenters. The zero-order valence-corrected chi connectivity index (χ0v) is 45.5. The van der Waals surface area contributed by atoms with Gasteiger partial charge >= 0.3 is 23.9 Å². The van der Waals surface area contributed by atoms with E-state index < -0.39 is 34.7 Å². The first-order valence-electron chi connectivity index (χ1n) is 24.3. The maximum atomic E-state index is 16.1. The predicted octanol–water partition coefficient (Wildman–Crippen LogP) is 13.5. The minimum Gasteiger partial charge on any atom is -0.459 e. The van der Waals surface area contributed by atoms with Crippen molar-refractivity contribution in [2.75, 3.05) is 0 Å². The van der Waals surface area contributed by atoms with Crippen molar-refractivity contribution in [1.82, 2.24) is 0 Å². The summed E-state index contributed by atoms with van der Waals surface area (Å²) < 4.78 is 25.3. The lowest BCUT2D eigenvalue weighted by atomic mass is 9.70. The molecule has 0 unspecified atom stereocenters. The molecule has 5 aromatic heterocycles. The van der Waals surface area contributed by atoms with Crippen molar-refractivity contribution in [3.05, 3.63) is 218 Å². The van der Waals surface area contributed by atoms with Crippen LogP contribution in [0.4, 0.5) is 5.00 Å². The van der Waals surface area contributed by atoms with E-state index in [1.54, 1.807) is 140 Å². The smallest absolute Gasteiger partial charge is 0.333 e. The molecule has 2 aliphatic rings. The highest BCUT2D eigenvalue weighted by atomic mass is 32.1. The topological polar surface area (TPSA) is 213 Å². The number of nitriles is 4. The fourth-order valence-electron chi connectivity index (χ4n) is 9.50. The van der Waals surface area contributed by atoms with Crippen molar-refractivity contribution < 1.29 is 38.1 Å². The number of esters is 4. The number of carbonyl (C=O) groups is 4. The third-order valence-electron chi connectivity index (χ3n) is 13.1. The Labute approximate surface area is 477 Å². The number of carbonyl (C=O) groups excluding carboxylic acids is 4. The lowest BCUT2D eigenvalue weighted by Crippen LogP contribution is -2.50. The molecule has 0 spiro atoms. The first kappa shape index (κ1) is 52.5. The van der Waals surface area contributed by atoms with Gasteiger partial charge in [0.05, 0.1) is 19.5 Å². The molecule has 18 heteroatoms. The summed E-state index contributed by atoms with van der Waals surface area (Å²) in [5.41, 5.74) is 0.0994. The number of aliphatic imine (C=N–C) groups is 1. The summed E-state index contributed by atoms with van der Waals surface area (Å²) in [7, 11) is 0. The molecule has 11 rings (SSSR count). The summed E-state index contributed by atoms with van der Waals surface area (Å²) in [5.74, 6) is -4.10. The van der Waals surface area contributed by atoms with Gasteiger partial charge in [0.1, 0.15) is 55.7 Å². The number of hydrogen-bond acceptors (Lipinski definition) is 18. The first-order valence-corrected chi connectivity index (χ1v) is 28.4. The molecule has 5 heterocycles. The number of benzene rings is 4. The Morgan fingerprint density at radius 2 is 0.825 bits per heavy atom. The molecule has 13 nitrogen and oxygen atoms in total. The number of nitrogens with zero attached hydrogens (tertiary/aromatic N) is 5. The predicted molar refractivity (Wildman–Crippen MR) is 305 cm³/mol. The minimum atomic E-state index is -2.50. The number of allylic oxidation sites excluding steroid dienone is 1. The van der Waals surface area contributed by atoms with Gasteiger partial charge in [-0.1, -0.05) is 127 Å². The number of rotatable bonds is 16. The van der Waals surface area contributed by atoms with Crippen LogP contribution in [0.5, 0.6) is 0 Å². The molecular weight excluding hydrogens is 1100 g/mol. The number of thiophene rings is 5. The number of fused-ring (bicyclic) bond motifs is 7. The maximum absolute atomic E-state index is 16.1. The van der Waals surface area contributed by atoms with Crippen LogP contribution in [0.1, 0.15) is 49.4 Å². The average Bonchev–Trinajstić information content (AvgIpc) is 4.55. The van der Waals surface area contributed by atoms with Gasteiger partial charge in [0.2, 0.25) is 16.5 Å². The van der Waals surface area contributed by atoms with Gasteiger partial charge in [-0.25, -0.2) is 4.99 Å². The van der Waals surface area contributed by atoms with E-state index in [1.807, 2.05) is 42.5 Å². The summed E-state index contributed by atoms with van der Waals surface area (Å²) in [6.45, 7) is -1.06. The number of hydrogen-bond donors (Lipinski definition) is 0. The molecule has 4 aromatic carbocycles. The molecule has 0 fully saturated rings. The first-order chi connectivity index (χ1) is 39.1. The monoisotopic (exact) mass is 1140 g/mol. The van der Waals surface area contributed by atoms with E-state index >= 15 is 19.2 Å². The van der Waals surface area contributed by atoms with Crippen molar-refractivity contribution >= 4 is 97.3 Å². The molecule has 0 radical (unpaired) electrons. The zero-order chi connectivity index (χ0) is 55.4. The van der Waals surface area contributed by atoms with Gasteiger partial charge in [0.15, 0.2) is 5.57 Å². The van der Waals surface area contributed by atoms with E-state index in [2.05, 4.69) is 10.7 Å². The van der Waals surface area contributed by atoms with E-state index in [0.29, 0.717) is 71.1 Å². The Morgan fingerprint density at radius 1 is 0.438 bits per heavy atom. The Bertz CT molecular complexity index is 4070. The largest absolute Gasteiger partial charge is 0.459 e. The second kappa shape index (κ2) is 22.4. The highest BCUT2D eigenvalue weighted by Gasteiger charge is 2.69. The van der Waals surface area contributed by atoms with Gasteiger partial charge in [-0.05, 0) is 64.7 Å². The molecule has 0 bridgehead atoms. The van der Waals surface area contributed by atoms with Gasteiger partial charge in [-0.15, -0.1) is 56.7 Å². The average molecular weight is 1140 g/mol. The fraction of sp³-hybridized carbons (Fsp3) is 0.0968. The van der Waals surface area contributed by atoms with Gasteiger partial charge in [0, 0.05) is 46.6 Å². The lowest BCUT2D eigenvalue weighted by Gasteiger charge is -2.32. The normalized spacial score (nSPS) is 12.5. The highest BCUT2D eigenvalue weighted by Crippen LogP contribution is 2.68. The standard InChI is InChI=1S/C62H35N5O8S5/c63-29-41(30-64)21-22-43-23-24-46(76-43)48-27-44-53(78-48)55-51(61(44,57(68)72-33-37-13-5-1-6-14-37)58(69)73-34-38-15-7-2-8-16-38)52-56(80-55)54-45(28-49(79-54)47-25-26-50(77-47)67-42(31-65)32-66)62(52,59(70)74-35-39-17-9-3-10-18-39)60(71)75-36-40-19-11-4-12-20-40/h1-20,22-28H,33-36H2. The molecular formula is C62H35N5O8S5. The van der Waals surface area contributed by atoms with Crippen molar-refractivity contribution in [1.29, 1.82) is 21.0 Å². The third-order valence-corrected chi connectivity index (χ3v) is 19.3. The van der Waals surface area contributed by atoms with Crippen molar-refractivity contribution in [2.24, 2.45) is 4.99 Å². The number of ether oxygens (including phenoxy) is 4. The quantitative estimate of drug-likeness (QED) is 0.0221. The van der Waals surface area contributed by atoms with E-state index in [9.17, 15) is 21.0 Å². The fourth-order valence-corrected chi connectivity index (χ4v) is 15.6.